The van der Waals surface area contributed by atoms with E-state index in [9.17, 15) is 27.9 Å². The molecule has 2 heterocycles. The third-order valence-corrected chi connectivity index (χ3v) is 4.14. The molecule has 0 aliphatic heterocycles. The fraction of sp³-hybridized carbons (Fsp3) is 0.0526. The zero-order valence-corrected chi connectivity index (χ0v) is 15.3. The number of rotatable bonds is 5. The van der Waals surface area contributed by atoms with Crippen LogP contribution in [0.1, 0.15) is 0 Å². The molecular weight excluding hydrogens is 419 g/mol. The molecule has 0 unspecified atom stereocenters. The number of nitrogens with one attached hydrogen (secondary N) is 2. The molecule has 9 nitrogen and oxygen atoms in total. The molecule has 0 atom stereocenters. The minimum atomic E-state index is -4.99. The minimum absolute atomic E-state index is 0.0110. The highest BCUT2D eigenvalue weighted by molar-refractivity contribution is 5.91. The van der Waals surface area contributed by atoms with E-state index in [1.165, 1.54) is 42.8 Å². The average Bonchev–Trinajstić information content (AvgIpc) is 3.03. The van der Waals surface area contributed by atoms with Gasteiger partial charge in [0.2, 0.25) is 0 Å². The number of fused-ring (bicyclic) bond motifs is 1. The topological polar surface area (TPSA) is 122 Å². The van der Waals surface area contributed by atoms with E-state index in [1.807, 2.05) is 0 Å². The molecule has 4 aromatic rings. The van der Waals surface area contributed by atoms with Gasteiger partial charge in [-0.2, -0.15) is 0 Å². The lowest BCUT2D eigenvalue weighted by Gasteiger charge is -2.13. The Morgan fingerprint density at radius 1 is 1.13 bits per heavy atom. The standard InChI is InChI=1S/C19H11F3N5O4/c20-19(21,22)31-13-7-2-1-6-12(13)27-17-14(24-18(27)30)16(23-9-28)25-15(26-17)10-4-3-5-11(29)8-10/h1-8,29H,(H,24,30)(H,23,25,26,28). The molecule has 12 heteroatoms. The first-order valence-corrected chi connectivity index (χ1v) is 8.57. The number of nitrogens with zero attached hydrogens (tertiary/aromatic N) is 3. The van der Waals surface area contributed by atoms with Gasteiger partial charge in [-0.25, -0.2) is 19.3 Å². The normalized spacial score (nSPS) is 11.5. The van der Waals surface area contributed by atoms with Crippen LogP contribution in [0.25, 0.3) is 28.2 Å². The Labute approximate surface area is 170 Å². The fourth-order valence-corrected chi connectivity index (χ4v) is 2.97. The number of anilines is 1. The van der Waals surface area contributed by atoms with Crippen LogP contribution < -0.4 is 15.7 Å². The summed E-state index contributed by atoms with van der Waals surface area (Å²) >= 11 is 0. The molecule has 0 saturated heterocycles. The van der Waals surface area contributed by atoms with Gasteiger partial charge in [-0.3, -0.25) is 4.79 Å². The molecule has 3 N–H and O–H groups in total. The Bertz CT molecular complexity index is 1350. The highest BCUT2D eigenvalue weighted by Gasteiger charge is 2.33. The molecule has 1 amide bonds. The van der Waals surface area contributed by atoms with E-state index in [0.717, 1.165) is 10.6 Å². The van der Waals surface area contributed by atoms with Gasteiger partial charge in [-0.1, -0.05) is 24.3 Å². The molecule has 0 fully saturated rings. The average molecular weight is 430 g/mol. The number of phenolic OH excluding ortho intramolecular Hbond substituents is 1. The second-order valence-corrected chi connectivity index (χ2v) is 6.15. The van der Waals surface area contributed by atoms with Crippen molar-refractivity contribution in [1.82, 2.24) is 19.5 Å². The van der Waals surface area contributed by atoms with Crippen LogP contribution in [0.5, 0.6) is 11.5 Å². The highest BCUT2D eigenvalue weighted by atomic mass is 19.4. The maximum Gasteiger partial charge on any atom is 0.573 e. The van der Waals surface area contributed by atoms with Gasteiger partial charge in [-0.05, 0) is 24.3 Å². The number of ether oxygens (including phenoxy) is 1. The number of imidazole rings is 1. The first-order chi connectivity index (χ1) is 14.8. The number of halogens is 3. The van der Waals surface area contributed by atoms with Crippen molar-refractivity contribution in [3.8, 4) is 28.6 Å². The third kappa shape index (κ3) is 3.90. The summed E-state index contributed by atoms with van der Waals surface area (Å²) in [6.45, 7) is 0. The van der Waals surface area contributed by atoms with Crippen molar-refractivity contribution in [2.24, 2.45) is 0 Å². The van der Waals surface area contributed by atoms with E-state index in [1.54, 1.807) is 6.07 Å². The van der Waals surface area contributed by atoms with Crippen LogP contribution >= 0.6 is 0 Å². The van der Waals surface area contributed by atoms with Gasteiger partial charge in [0, 0.05) is 5.56 Å². The molecule has 157 valence electrons. The van der Waals surface area contributed by atoms with Gasteiger partial charge >= 0.3 is 18.5 Å². The van der Waals surface area contributed by atoms with E-state index in [-0.39, 0.29) is 34.2 Å². The van der Waals surface area contributed by atoms with Crippen molar-refractivity contribution in [2.45, 2.75) is 6.36 Å². The van der Waals surface area contributed by atoms with E-state index >= 15 is 0 Å². The van der Waals surface area contributed by atoms with Crippen molar-refractivity contribution in [2.75, 3.05) is 5.32 Å². The number of hydrogen-bond acceptors (Lipinski definition) is 6. The van der Waals surface area contributed by atoms with E-state index < -0.39 is 17.8 Å². The molecule has 2 aromatic heterocycles. The number of hydrogen-bond donors (Lipinski definition) is 3. The van der Waals surface area contributed by atoms with Crippen LogP contribution in [-0.2, 0) is 4.79 Å². The molecule has 1 radical (unpaired) electrons. The third-order valence-electron chi connectivity index (χ3n) is 4.14. The molecule has 0 spiro atoms. The lowest BCUT2D eigenvalue weighted by molar-refractivity contribution is -0.274. The van der Waals surface area contributed by atoms with Gasteiger partial charge < -0.3 is 20.1 Å². The Morgan fingerprint density at radius 2 is 1.90 bits per heavy atom. The predicted octanol–water partition coefficient (Wildman–Crippen LogP) is 2.86. The molecule has 4 rings (SSSR count). The lowest BCUT2D eigenvalue weighted by Crippen LogP contribution is -2.21. The molecular formula is C19H11F3N5O4. The van der Waals surface area contributed by atoms with Gasteiger partial charge in [-0.15, -0.1) is 13.2 Å². The van der Waals surface area contributed by atoms with Crippen molar-refractivity contribution in [1.29, 1.82) is 0 Å². The van der Waals surface area contributed by atoms with Crippen molar-refractivity contribution < 1.29 is 27.8 Å². The van der Waals surface area contributed by atoms with Crippen molar-refractivity contribution in [3.63, 3.8) is 0 Å². The van der Waals surface area contributed by atoms with Crippen LogP contribution in [0.3, 0.4) is 0 Å². The zero-order valence-electron chi connectivity index (χ0n) is 15.3. The minimum Gasteiger partial charge on any atom is -0.508 e. The largest absolute Gasteiger partial charge is 0.573 e. The van der Waals surface area contributed by atoms with Crippen LogP contribution in [-0.4, -0.2) is 37.4 Å². The Balaban J connectivity index is 2.01. The fourth-order valence-electron chi connectivity index (χ4n) is 2.97. The van der Waals surface area contributed by atoms with Gasteiger partial charge in [0.15, 0.2) is 23.0 Å². The number of aromatic amines is 1. The number of para-hydroxylation sites is 2. The number of phenols is 1. The number of H-pyrrole nitrogens is 1. The molecule has 2 aromatic carbocycles. The summed E-state index contributed by atoms with van der Waals surface area (Å²) in [4.78, 5) is 34.4. The lowest BCUT2D eigenvalue weighted by atomic mass is 10.2. The Hall–Kier alpha value is -4.35. The van der Waals surface area contributed by atoms with Crippen LogP contribution in [0.15, 0.2) is 53.3 Å². The Morgan fingerprint density at radius 3 is 2.61 bits per heavy atom. The summed E-state index contributed by atoms with van der Waals surface area (Å²) in [5.74, 6) is -0.869. The monoisotopic (exact) mass is 430 g/mol. The summed E-state index contributed by atoms with van der Waals surface area (Å²) in [7, 11) is 0. The molecule has 0 aliphatic rings. The van der Waals surface area contributed by atoms with Crippen LogP contribution in [0.2, 0.25) is 0 Å². The predicted molar refractivity (Wildman–Crippen MR) is 103 cm³/mol. The van der Waals surface area contributed by atoms with Gasteiger partial charge in [0.25, 0.3) is 0 Å². The van der Waals surface area contributed by atoms with Gasteiger partial charge in [0.05, 0.1) is 5.69 Å². The second-order valence-electron chi connectivity index (χ2n) is 6.15. The summed E-state index contributed by atoms with van der Waals surface area (Å²) in [5.41, 5.74) is -0.925. The number of alkyl halides is 3. The maximum atomic E-state index is 12.8. The van der Waals surface area contributed by atoms with Crippen molar-refractivity contribution in [3.05, 3.63) is 59.0 Å². The summed E-state index contributed by atoms with van der Waals surface area (Å²) in [5, 5.41) is 11.9. The summed E-state index contributed by atoms with van der Waals surface area (Å²) < 4.78 is 43.4. The Kier molecular flexibility index (Phi) is 4.81. The highest BCUT2D eigenvalue weighted by Crippen LogP contribution is 2.31. The quantitative estimate of drug-likeness (QED) is 0.419. The van der Waals surface area contributed by atoms with E-state index in [4.69, 9.17) is 0 Å². The number of benzene rings is 2. The van der Waals surface area contributed by atoms with E-state index in [0.29, 0.717) is 5.56 Å². The summed E-state index contributed by atoms with van der Waals surface area (Å²) in [6, 6.07) is 10.8. The molecule has 0 saturated carbocycles. The van der Waals surface area contributed by atoms with E-state index in [2.05, 4.69) is 25.0 Å². The number of amides is 1. The maximum absolute atomic E-state index is 12.8. The number of carbonyl (C=O) groups excluding carboxylic acids is 1. The van der Waals surface area contributed by atoms with Gasteiger partial charge in [0.1, 0.15) is 11.3 Å². The van der Waals surface area contributed by atoms with Crippen LogP contribution in [0.4, 0.5) is 19.0 Å². The smallest absolute Gasteiger partial charge is 0.508 e. The zero-order chi connectivity index (χ0) is 22.2. The molecule has 0 aliphatic carbocycles. The van der Waals surface area contributed by atoms with Crippen LogP contribution in [0, 0.1) is 0 Å². The first-order valence-electron chi connectivity index (χ1n) is 8.57. The number of aromatic nitrogens is 4. The SMILES string of the molecule is O=[C]Nc1nc(-c2cccc(O)c2)nc2c1[nH]c(=O)n2-c1ccccc1OC(F)(F)F. The molecule has 31 heavy (non-hydrogen) atoms. The number of aromatic hydroxyl groups is 1. The first kappa shape index (κ1) is 19.9. The summed E-state index contributed by atoms with van der Waals surface area (Å²) in [6.07, 6.45) is -3.56. The van der Waals surface area contributed by atoms with Crippen molar-refractivity contribution >= 4 is 23.4 Å². The second kappa shape index (κ2) is 7.48. The molecule has 0 bridgehead atoms.